The first-order valence-corrected chi connectivity index (χ1v) is 6.23. The van der Waals surface area contributed by atoms with E-state index in [4.69, 9.17) is 5.11 Å². The van der Waals surface area contributed by atoms with Gasteiger partial charge in [-0.3, -0.25) is 15.2 Å². The number of halogens is 2. The maximum absolute atomic E-state index is 13.2. The Bertz CT molecular complexity index is 505. The molecule has 1 heterocycles. The number of fused-ring (bicyclic) bond motifs is 1. The second-order valence-electron chi connectivity index (χ2n) is 5.15. The van der Waals surface area contributed by atoms with Gasteiger partial charge in [-0.25, -0.2) is 8.78 Å². The molecule has 0 aromatic carbocycles. The predicted octanol–water partition coefficient (Wildman–Crippen LogP) is 0.917. The number of aromatic amines is 1. The fourth-order valence-corrected chi connectivity index (χ4v) is 2.85. The summed E-state index contributed by atoms with van der Waals surface area (Å²) >= 11 is 0. The fraction of sp³-hybridized carbons (Fsp3) is 0.727. The molecular weight excluding hydrogens is 258 g/mol. The summed E-state index contributed by atoms with van der Waals surface area (Å²) in [5, 5.41) is 17.4. The minimum Gasteiger partial charge on any atom is -0.388 e. The number of aromatic nitrogens is 3. The number of hydrogen-bond acceptors (Lipinski definition) is 4. The number of anilines is 1. The first-order chi connectivity index (χ1) is 9.02. The molecule has 0 radical (unpaired) electrons. The number of nitrogens with one attached hydrogen (secondary N) is 2. The molecule has 2 aliphatic carbocycles. The highest BCUT2D eigenvalue weighted by atomic mass is 19.3. The van der Waals surface area contributed by atoms with E-state index in [0.717, 1.165) is 0 Å². The van der Waals surface area contributed by atoms with Gasteiger partial charge in [0.2, 0.25) is 11.9 Å². The van der Waals surface area contributed by atoms with E-state index in [1.54, 1.807) is 0 Å². The van der Waals surface area contributed by atoms with Gasteiger partial charge in [-0.2, -0.15) is 4.98 Å². The van der Waals surface area contributed by atoms with E-state index in [-0.39, 0.29) is 30.7 Å². The Hall–Kier alpha value is -1.57. The van der Waals surface area contributed by atoms with E-state index in [9.17, 15) is 13.6 Å². The Morgan fingerprint density at radius 3 is 2.89 bits per heavy atom. The van der Waals surface area contributed by atoms with E-state index in [1.165, 1.54) is 0 Å². The van der Waals surface area contributed by atoms with E-state index >= 15 is 0 Å². The number of amides is 1. The van der Waals surface area contributed by atoms with Crippen LogP contribution in [0.15, 0.2) is 0 Å². The second kappa shape index (κ2) is 4.22. The average Bonchev–Trinajstić information content (AvgIpc) is 2.77. The molecule has 104 valence electrons. The van der Waals surface area contributed by atoms with Crippen molar-refractivity contribution in [2.75, 3.05) is 5.32 Å². The molecule has 0 bridgehead atoms. The monoisotopic (exact) mass is 272 g/mol. The zero-order valence-corrected chi connectivity index (χ0v) is 10.1. The van der Waals surface area contributed by atoms with Crippen molar-refractivity contribution < 1.29 is 18.7 Å². The lowest BCUT2D eigenvalue weighted by Gasteiger charge is -2.18. The lowest BCUT2D eigenvalue weighted by molar-refractivity contribution is -0.120. The fourth-order valence-electron chi connectivity index (χ4n) is 2.85. The van der Waals surface area contributed by atoms with Gasteiger partial charge in [-0.05, 0) is 19.3 Å². The van der Waals surface area contributed by atoms with Crippen LogP contribution in [0.2, 0.25) is 0 Å². The molecule has 2 saturated carbocycles. The SMILES string of the molecule is O=C(Nc1n[nH]c(CO)n1)[C@@H]1CC[C@H]2[C@@H](C1)C2(F)F. The van der Waals surface area contributed by atoms with Crippen molar-refractivity contribution in [1.29, 1.82) is 0 Å². The smallest absolute Gasteiger partial charge is 0.254 e. The van der Waals surface area contributed by atoms with Gasteiger partial charge in [0.25, 0.3) is 5.92 Å². The average molecular weight is 272 g/mol. The minimum atomic E-state index is -2.58. The minimum absolute atomic E-state index is 0.0683. The standard InChI is InChI=1S/C11H14F2N4O2/c12-11(13)6-2-1-5(3-7(6)11)9(19)15-10-14-8(4-18)16-17-10/h5-7,18H,1-4H2,(H2,14,15,16,17,19)/t5-,6+,7-/m1/s1. The molecular formula is C11H14F2N4O2. The highest BCUT2D eigenvalue weighted by molar-refractivity contribution is 5.91. The van der Waals surface area contributed by atoms with Crippen molar-refractivity contribution in [3.05, 3.63) is 5.82 Å². The molecule has 1 amide bonds. The Morgan fingerprint density at radius 1 is 1.47 bits per heavy atom. The summed E-state index contributed by atoms with van der Waals surface area (Å²) < 4.78 is 26.5. The lowest BCUT2D eigenvalue weighted by atomic mass is 9.89. The quantitative estimate of drug-likeness (QED) is 0.763. The number of alkyl halides is 2. The highest BCUT2D eigenvalue weighted by Gasteiger charge is 2.69. The third kappa shape index (κ3) is 2.09. The van der Waals surface area contributed by atoms with Crippen LogP contribution in [0.1, 0.15) is 25.1 Å². The van der Waals surface area contributed by atoms with Crippen LogP contribution >= 0.6 is 0 Å². The number of hydrogen-bond donors (Lipinski definition) is 3. The Morgan fingerprint density at radius 2 is 2.26 bits per heavy atom. The molecule has 2 aliphatic rings. The molecule has 2 fully saturated rings. The molecule has 3 N–H and O–H groups in total. The maximum Gasteiger partial charge on any atom is 0.254 e. The van der Waals surface area contributed by atoms with Crippen molar-refractivity contribution >= 4 is 11.9 Å². The molecule has 0 unspecified atom stereocenters. The Kier molecular flexibility index (Phi) is 2.77. The van der Waals surface area contributed by atoms with Crippen molar-refractivity contribution in [2.45, 2.75) is 31.8 Å². The largest absolute Gasteiger partial charge is 0.388 e. The summed E-state index contributed by atoms with van der Waals surface area (Å²) in [6.45, 7) is -0.303. The number of nitrogens with zero attached hydrogens (tertiary/aromatic N) is 2. The summed E-state index contributed by atoms with van der Waals surface area (Å²) in [6.07, 6.45) is 1.09. The molecule has 8 heteroatoms. The number of aliphatic hydroxyl groups excluding tert-OH is 1. The van der Waals surface area contributed by atoms with Gasteiger partial charge in [0.05, 0.1) is 0 Å². The predicted molar refractivity (Wildman–Crippen MR) is 60.2 cm³/mol. The third-order valence-electron chi connectivity index (χ3n) is 4.02. The first kappa shape index (κ1) is 12.5. The third-order valence-corrected chi connectivity index (χ3v) is 4.02. The normalized spacial score (nSPS) is 31.6. The van der Waals surface area contributed by atoms with Crippen LogP contribution in [-0.4, -0.2) is 32.1 Å². The van der Waals surface area contributed by atoms with Crippen LogP contribution in [0.4, 0.5) is 14.7 Å². The first-order valence-electron chi connectivity index (χ1n) is 6.23. The van der Waals surface area contributed by atoms with Gasteiger partial charge >= 0.3 is 0 Å². The van der Waals surface area contributed by atoms with Crippen molar-refractivity contribution in [2.24, 2.45) is 17.8 Å². The topological polar surface area (TPSA) is 90.9 Å². The van der Waals surface area contributed by atoms with Crippen LogP contribution in [0, 0.1) is 17.8 Å². The summed E-state index contributed by atoms with van der Waals surface area (Å²) in [6, 6.07) is 0. The van der Waals surface area contributed by atoms with Gasteiger partial charge in [0.1, 0.15) is 6.61 Å². The number of aliphatic hydroxyl groups is 1. The van der Waals surface area contributed by atoms with Crippen LogP contribution in [0.3, 0.4) is 0 Å². The van der Waals surface area contributed by atoms with Gasteiger partial charge < -0.3 is 5.11 Å². The van der Waals surface area contributed by atoms with E-state index in [2.05, 4.69) is 20.5 Å². The molecule has 0 spiro atoms. The molecule has 1 aromatic heterocycles. The Balaban J connectivity index is 1.59. The van der Waals surface area contributed by atoms with E-state index in [0.29, 0.717) is 12.8 Å². The van der Waals surface area contributed by atoms with Gasteiger partial charge in [0, 0.05) is 17.8 Å². The van der Waals surface area contributed by atoms with Crippen LogP contribution in [-0.2, 0) is 11.4 Å². The number of H-pyrrole nitrogens is 1. The van der Waals surface area contributed by atoms with Crippen molar-refractivity contribution in [1.82, 2.24) is 15.2 Å². The molecule has 3 atom stereocenters. The van der Waals surface area contributed by atoms with Crippen molar-refractivity contribution in [3.8, 4) is 0 Å². The van der Waals surface area contributed by atoms with Gasteiger partial charge in [-0.1, -0.05) is 0 Å². The molecule has 0 saturated heterocycles. The summed E-state index contributed by atoms with van der Waals surface area (Å²) in [5.41, 5.74) is 0. The molecule has 6 nitrogen and oxygen atoms in total. The molecule has 0 aliphatic heterocycles. The molecule has 1 aromatic rings. The van der Waals surface area contributed by atoms with E-state index < -0.39 is 23.7 Å². The zero-order chi connectivity index (χ0) is 13.6. The number of carbonyl (C=O) groups is 1. The van der Waals surface area contributed by atoms with Crippen LogP contribution in [0.25, 0.3) is 0 Å². The van der Waals surface area contributed by atoms with Crippen LogP contribution in [0.5, 0.6) is 0 Å². The lowest BCUT2D eigenvalue weighted by Crippen LogP contribution is -2.26. The van der Waals surface area contributed by atoms with Gasteiger partial charge in [-0.15, -0.1) is 5.10 Å². The zero-order valence-electron chi connectivity index (χ0n) is 10.1. The molecule has 3 rings (SSSR count). The number of carbonyl (C=O) groups excluding carboxylic acids is 1. The summed E-state index contributed by atoms with van der Waals surface area (Å²) in [5.74, 6) is -4.18. The van der Waals surface area contributed by atoms with E-state index in [1.807, 2.05) is 0 Å². The molecule has 19 heavy (non-hydrogen) atoms. The van der Waals surface area contributed by atoms with Crippen molar-refractivity contribution in [3.63, 3.8) is 0 Å². The summed E-state index contributed by atoms with van der Waals surface area (Å²) in [4.78, 5) is 15.8. The second-order valence-corrected chi connectivity index (χ2v) is 5.15. The highest BCUT2D eigenvalue weighted by Crippen LogP contribution is 2.63. The summed E-state index contributed by atoms with van der Waals surface area (Å²) in [7, 11) is 0. The maximum atomic E-state index is 13.2. The Labute approximate surface area is 107 Å². The van der Waals surface area contributed by atoms with Crippen LogP contribution < -0.4 is 5.32 Å². The van der Waals surface area contributed by atoms with Gasteiger partial charge in [0.15, 0.2) is 5.82 Å². The number of rotatable bonds is 3.